The molecule has 0 spiro atoms. The minimum absolute atomic E-state index is 0.124. The van der Waals surface area contributed by atoms with Crippen LogP contribution >= 0.6 is 0 Å². The average Bonchev–Trinajstić information content (AvgIpc) is 2.70. The molecule has 0 unspecified atom stereocenters. The molecule has 6 heteroatoms. The smallest absolute Gasteiger partial charge is 0.270 e. The normalized spacial score (nSPS) is 11.5. The van der Waals surface area contributed by atoms with Gasteiger partial charge in [-0.25, -0.2) is 9.37 Å². The van der Waals surface area contributed by atoms with Gasteiger partial charge in [-0.3, -0.25) is 9.59 Å². The minimum atomic E-state index is -0.569. The van der Waals surface area contributed by atoms with Gasteiger partial charge in [0, 0.05) is 5.56 Å². The molecule has 1 aromatic heterocycles. The zero-order valence-corrected chi connectivity index (χ0v) is 15.5. The van der Waals surface area contributed by atoms with Crippen molar-refractivity contribution in [1.29, 1.82) is 0 Å². The summed E-state index contributed by atoms with van der Waals surface area (Å²) in [6, 6.07) is 17.5. The van der Waals surface area contributed by atoms with E-state index >= 15 is 0 Å². The molecule has 0 fully saturated rings. The number of benzene rings is 2. The Bertz CT molecular complexity index is 985. The summed E-state index contributed by atoms with van der Waals surface area (Å²) in [6.45, 7) is 3.05. The first-order valence-corrected chi connectivity index (χ1v) is 8.74. The van der Waals surface area contributed by atoms with E-state index in [-0.39, 0.29) is 17.3 Å². The fourth-order valence-corrected chi connectivity index (χ4v) is 2.43. The second kappa shape index (κ2) is 8.43. The number of rotatable bonds is 6. The van der Waals surface area contributed by atoms with Crippen LogP contribution in [0.4, 0.5) is 4.39 Å². The van der Waals surface area contributed by atoms with Gasteiger partial charge < -0.3 is 10.1 Å². The topological polar surface area (TPSA) is 68.3 Å². The highest BCUT2D eigenvalue weighted by Crippen LogP contribution is 2.25. The number of pyridine rings is 1. The number of nitrogens with zero attached hydrogens (tertiary/aromatic N) is 1. The number of Topliss-reactive ketones (excluding diaryl/α,β-unsaturated/α-hetero) is 1. The fourth-order valence-electron chi connectivity index (χ4n) is 2.43. The molecule has 0 aliphatic carbocycles. The van der Waals surface area contributed by atoms with Gasteiger partial charge in [-0.2, -0.15) is 0 Å². The highest BCUT2D eigenvalue weighted by Gasteiger charge is 2.14. The lowest BCUT2D eigenvalue weighted by molar-refractivity contribution is -0.118. The van der Waals surface area contributed by atoms with Gasteiger partial charge in [0.15, 0.2) is 5.78 Å². The van der Waals surface area contributed by atoms with E-state index in [0.29, 0.717) is 17.2 Å². The van der Waals surface area contributed by atoms with Crippen molar-refractivity contribution in [2.45, 2.75) is 19.9 Å². The Morgan fingerprint density at radius 2 is 1.57 bits per heavy atom. The van der Waals surface area contributed by atoms with Crippen molar-refractivity contribution >= 4 is 11.7 Å². The molecule has 5 nitrogen and oxygen atoms in total. The summed E-state index contributed by atoms with van der Waals surface area (Å²) in [5.74, 6) is 0.280. The summed E-state index contributed by atoms with van der Waals surface area (Å²) in [5, 5.41) is 2.62. The fraction of sp³-hybridized carbons (Fsp3) is 0.136. The molecule has 1 N–H and O–H groups in total. The van der Waals surface area contributed by atoms with Gasteiger partial charge in [0.2, 0.25) is 0 Å². The summed E-state index contributed by atoms with van der Waals surface area (Å²) in [5.41, 5.74) is 1.66. The quantitative estimate of drug-likeness (QED) is 0.691. The van der Waals surface area contributed by atoms with E-state index in [4.69, 9.17) is 4.74 Å². The summed E-state index contributed by atoms with van der Waals surface area (Å²) in [6.07, 6.45) is 0. The third kappa shape index (κ3) is 4.79. The average molecular weight is 378 g/mol. The van der Waals surface area contributed by atoms with E-state index in [2.05, 4.69) is 10.3 Å². The monoisotopic (exact) mass is 378 g/mol. The van der Waals surface area contributed by atoms with Crippen LogP contribution in [0.2, 0.25) is 0 Å². The van der Waals surface area contributed by atoms with Gasteiger partial charge in [0.05, 0.1) is 11.7 Å². The van der Waals surface area contributed by atoms with Crippen molar-refractivity contribution in [2.75, 3.05) is 0 Å². The molecular formula is C22H19FN2O3. The lowest BCUT2D eigenvalue weighted by atomic mass is 10.1. The Kier molecular flexibility index (Phi) is 5.79. The van der Waals surface area contributed by atoms with E-state index in [9.17, 15) is 14.0 Å². The first-order chi connectivity index (χ1) is 13.4. The lowest BCUT2D eigenvalue weighted by Gasteiger charge is -2.11. The van der Waals surface area contributed by atoms with Crippen LogP contribution in [0.5, 0.6) is 11.5 Å². The third-order valence-electron chi connectivity index (χ3n) is 4.14. The van der Waals surface area contributed by atoms with E-state index in [1.807, 2.05) is 12.1 Å². The molecule has 0 aliphatic rings. The standard InChI is InChI=1S/C22H19FN2O3/c1-14(15(2)26)24-22(27)21-5-3-4-20(25-21)16-6-10-18(11-7-16)28-19-12-8-17(23)9-13-19/h3-14H,1-2H3,(H,24,27)/t14-/m0/s1. The predicted octanol–water partition coefficient (Wildman–Crippen LogP) is 4.39. The molecule has 0 radical (unpaired) electrons. The van der Waals surface area contributed by atoms with Crippen LogP contribution in [-0.2, 0) is 4.79 Å². The van der Waals surface area contributed by atoms with Crippen molar-refractivity contribution in [3.8, 4) is 22.8 Å². The molecule has 1 amide bonds. The molecular weight excluding hydrogens is 359 g/mol. The Hall–Kier alpha value is -3.54. The first-order valence-electron chi connectivity index (χ1n) is 8.74. The number of carbonyl (C=O) groups is 2. The molecule has 0 aliphatic heterocycles. The van der Waals surface area contributed by atoms with Crippen molar-refractivity contribution in [3.05, 3.63) is 78.2 Å². The Morgan fingerprint density at radius 1 is 0.964 bits per heavy atom. The van der Waals surface area contributed by atoms with Crippen LogP contribution in [0.3, 0.4) is 0 Å². The Morgan fingerprint density at radius 3 is 2.18 bits per heavy atom. The van der Waals surface area contributed by atoms with E-state index < -0.39 is 11.9 Å². The minimum Gasteiger partial charge on any atom is -0.457 e. The van der Waals surface area contributed by atoms with Gasteiger partial charge in [0.1, 0.15) is 23.0 Å². The highest BCUT2D eigenvalue weighted by atomic mass is 19.1. The van der Waals surface area contributed by atoms with Crippen molar-refractivity contribution in [2.24, 2.45) is 0 Å². The Balaban J connectivity index is 1.74. The largest absolute Gasteiger partial charge is 0.457 e. The summed E-state index contributed by atoms with van der Waals surface area (Å²) in [7, 11) is 0. The lowest BCUT2D eigenvalue weighted by Crippen LogP contribution is -2.37. The second-order valence-electron chi connectivity index (χ2n) is 6.29. The number of hydrogen-bond donors (Lipinski definition) is 1. The summed E-state index contributed by atoms with van der Waals surface area (Å²) in [4.78, 5) is 27.9. The highest BCUT2D eigenvalue weighted by molar-refractivity contribution is 5.96. The molecule has 2 aromatic carbocycles. The number of halogens is 1. The van der Waals surface area contributed by atoms with Crippen LogP contribution in [0.25, 0.3) is 11.3 Å². The van der Waals surface area contributed by atoms with E-state index in [1.54, 1.807) is 49.4 Å². The molecule has 3 rings (SSSR count). The van der Waals surface area contributed by atoms with Crippen LogP contribution in [-0.4, -0.2) is 22.7 Å². The molecule has 1 atom stereocenters. The van der Waals surface area contributed by atoms with Gasteiger partial charge in [-0.05, 0) is 74.5 Å². The number of hydrogen-bond acceptors (Lipinski definition) is 4. The molecule has 0 bridgehead atoms. The van der Waals surface area contributed by atoms with Crippen LogP contribution in [0, 0.1) is 5.82 Å². The molecule has 1 heterocycles. The van der Waals surface area contributed by atoms with Gasteiger partial charge in [0.25, 0.3) is 5.91 Å². The number of ketones is 1. The van der Waals surface area contributed by atoms with Gasteiger partial charge >= 0.3 is 0 Å². The predicted molar refractivity (Wildman–Crippen MR) is 104 cm³/mol. The zero-order valence-electron chi connectivity index (χ0n) is 15.5. The van der Waals surface area contributed by atoms with E-state index in [1.165, 1.54) is 19.1 Å². The Labute approximate surface area is 162 Å². The maximum atomic E-state index is 13.0. The number of amides is 1. The van der Waals surface area contributed by atoms with Crippen LogP contribution in [0.15, 0.2) is 66.7 Å². The number of ether oxygens (including phenoxy) is 1. The van der Waals surface area contributed by atoms with Crippen molar-refractivity contribution in [3.63, 3.8) is 0 Å². The zero-order chi connectivity index (χ0) is 20.1. The molecule has 28 heavy (non-hydrogen) atoms. The maximum absolute atomic E-state index is 13.0. The van der Waals surface area contributed by atoms with Crippen molar-refractivity contribution < 1.29 is 18.7 Å². The SMILES string of the molecule is CC(=O)[C@H](C)NC(=O)c1cccc(-c2ccc(Oc3ccc(F)cc3)cc2)n1. The number of carbonyl (C=O) groups excluding carboxylic acids is 2. The van der Waals surface area contributed by atoms with Gasteiger partial charge in [-0.1, -0.05) is 6.07 Å². The van der Waals surface area contributed by atoms with E-state index in [0.717, 1.165) is 5.56 Å². The summed E-state index contributed by atoms with van der Waals surface area (Å²) >= 11 is 0. The number of nitrogens with one attached hydrogen (secondary N) is 1. The molecule has 0 saturated carbocycles. The number of aromatic nitrogens is 1. The molecule has 0 saturated heterocycles. The third-order valence-corrected chi connectivity index (χ3v) is 4.14. The molecule has 142 valence electrons. The van der Waals surface area contributed by atoms with Crippen LogP contribution < -0.4 is 10.1 Å². The van der Waals surface area contributed by atoms with Crippen molar-refractivity contribution in [1.82, 2.24) is 10.3 Å². The molecule has 3 aromatic rings. The second-order valence-corrected chi connectivity index (χ2v) is 6.29. The first kappa shape index (κ1) is 19.2. The maximum Gasteiger partial charge on any atom is 0.270 e. The summed E-state index contributed by atoms with van der Waals surface area (Å²) < 4.78 is 18.6. The van der Waals surface area contributed by atoms with Crippen LogP contribution in [0.1, 0.15) is 24.3 Å². The van der Waals surface area contributed by atoms with Gasteiger partial charge in [-0.15, -0.1) is 0 Å².